The zero-order chi connectivity index (χ0) is 15.4. The predicted octanol–water partition coefficient (Wildman–Crippen LogP) is 3.88. The Morgan fingerprint density at radius 3 is 2.81 bits per heavy atom. The lowest BCUT2D eigenvalue weighted by atomic mass is 10.3. The lowest BCUT2D eigenvalue weighted by Crippen LogP contribution is -2.19. The van der Waals surface area contributed by atoms with Gasteiger partial charge in [0, 0.05) is 19.6 Å². The number of nitrogens with zero attached hydrogens (tertiary/aromatic N) is 2. The zero-order valence-corrected chi connectivity index (χ0v) is 14.2. The SMILES string of the molecule is CCOCCn1c(=NC(=O)CC)sc2ccc(Cl)c(Cl)c21. The molecule has 0 aliphatic carbocycles. The van der Waals surface area contributed by atoms with Crippen LogP contribution in [0.1, 0.15) is 20.3 Å². The Labute approximate surface area is 137 Å². The van der Waals surface area contributed by atoms with Gasteiger partial charge in [-0.1, -0.05) is 41.5 Å². The average molecular weight is 347 g/mol. The summed E-state index contributed by atoms with van der Waals surface area (Å²) in [6.45, 7) is 5.46. The van der Waals surface area contributed by atoms with Crippen molar-refractivity contribution in [1.82, 2.24) is 4.57 Å². The van der Waals surface area contributed by atoms with Crippen molar-refractivity contribution < 1.29 is 9.53 Å². The van der Waals surface area contributed by atoms with E-state index in [2.05, 4.69) is 4.99 Å². The van der Waals surface area contributed by atoms with Gasteiger partial charge in [0.15, 0.2) is 4.80 Å². The number of hydrogen-bond donors (Lipinski definition) is 0. The molecule has 1 amide bonds. The van der Waals surface area contributed by atoms with Crippen molar-refractivity contribution in [3.05, 3.63) is 27.0 Å². The van der Waals surface area contributed by atoms with Gasteiger partial charge in [-0.25, -0.2) is 0 Å². The summed E-state index contributed by atoms with van der Waals surface area (Å²) in [5, 5.41) is 0.966. The van der Waals surface area contributed by atoms with E-state index in [1.54, 1.807) is 13.0 Å². The highest BCUT2D eigenvalue weighted by Gasteiger charge is 2.13. The first-order valence-electron chi connectivity index (χ1n) is 6.71. The van der Waals surface area contributed by atoms with Gasteiger partial charge in [0.25, 0.3) is 0 Å². The summed E-state index contributed by atoms with van der Waals surface area (Å²) in [5.74, 6) is -0.158. The van der Waals surface area contributed by atoms with Gasteiger partial charge < -0.3 is 9.30 Å². The number of fused-ring (bicyclic) bond motifs is 1. The highest BCUT2D eigenvalue weighted by Crippen LogP contribution is 2.32. The summed E-state index contributed by atoms with van der Waals surface area (Å²) in [4.78, 5) is 16.4. The van der Waals surface area contributed by atoms with Gasteiger partial charge in [-0.3, -0.25) is 4.79 Å². The molecule has 7 heteroatoms. The van der Waals surface area contributed by atoms with E-state index < -0.39 is 0 Å². The van der Waals surface area contributed by atoms with Crippen molar-refractivity contribution in [3.63, 3.8) is 0 Å². The molecule has 1 aromatic carbocycles. The van der Waals surface area contributed by atoms with E-state index in [0.717, 1.165) is 10.2 Å². The Bertz CT molecular complexity index is 722. The second-order valence-corrected chi connectivity index (χ2v) is 6.09. The standard InChI is InChI=1S/C14H16Cl2N2O2S/c1-3-11(19)17-14-18(7-8-20-4-2)13-10(21-14)6-5-9(15)12(13)16/h5-6H,3-4,7-8H2,1-2H3. The third-order valence-electron chi connectivity index (χ3n) is 2.92. The topological polar surface area (TPSA) is 43.6 Å². The van der Waals surface area contributed by atoms with E-state index in [1.165, 1.54) is 11.3 Å². The maximum absolute atomic E-state index is 11.6. The first-order chi connectivity index (χ1) is 10.1. The van der Waals surface area contributed by atoms with Gasteiger partial charge in [-0.15, -0.1) is 0 Å². The summed E-state index contributed by atoms with van der Waals surface area (Å²) in [5.41, 5.74) is 0.802. The van der Waals surface area contributed by atoms with Gasteiger partial charge >= 0.3 is 0 Å². The van der Waals surface area contributed by atoms with Crippen LogP contribution in [0.2, 0.25) is 10.0 Å². The molecular formula is C14H16Cl2N2O2S. The first kappa shape index (κ1) is 16.5. The molecule has 0 aliphatic rings. The largest absolute Gasteiger partial charge is 0.380 e. The number of hydrogen-bond acceptors (Lipinski definition) is 3. The number of amides is 1. The Hall–Kier alpha value is -0.880. The molecule has 0 saturated carbocycles. The monoisotopic (exact) mass is 346 g/mol. The fraction of sp³-hybridized carbons (Fsp3) is 0.429. The molecule has 0 bridgehead atoms. The van der Waals surface area contributed by atoms with Crippen molar-refractivity contribution in [1.29, 1.82) is 0 Å². The number of benzene rings is 1. The number of thiazole rings is 1. The third kappa shape index (κ3) is 3.66. The predicted molar refractivity (Wildman–Crippen MR) is 87.2 cm³/mol. The van der Waals surface area contributed by atoms with Crippen molar-refractivity contribution in [2.75, 3.05) is 13.2 Å². The smallest absolute Gasteiger partial charge is 0.248 e. The Balaban J connectivity index is 2.61. The third-order valence-corrected chi connectivity index (χ3v) is 4.76. The number of aromatic nitrogens is 1. The fourth-order valence-corrected chi connectivity index (χ4v) is 3.44. The Morgan fingerprint density at radius 1 is 1.38 bits per heavy atom. The molecule has 0 atom stereocenters. The summed E-state index contributed by atoms with van der Waals surface area (Å²) in [6, 6.07) is 3.64. The second-order valence-electron chi connectivity index (χ2n) is 4.30. The minimum atomic E-state index is -0.158. The number of carbonyl (C=O) groups excluding carboxylic acids is 1. The highest BCUT2D eigenvalue weighted by molar-refractivity contribution is 7.16. The molecule has 0 spiro atoms. The van der Waals surface area contributed by atoms with E-state index in [1.807, 2.05) is 17.6 Å². The molecule has 1 aromatic heterocycles. The number of ether oxygens (including phenoxy) is 1. The quantitative estimate of drug-likeness (QED) is 0.771. The molecule has 2 aromatic rings. The van der Waals surface area contributed by atoms with Crippen molar-refractivity contribution in [2.45, 2.75) is 26.8 Å². The summed E-state index contributed by atoms with van der Waals surface area (Å²) >= 11 is 13.8. The van der Waals surface area contributed by atoms with E-state index in [9.17, 15) is 4.79 Å². The van der Waals surface area contributed by atoms with Crippen LogP contribution >= 0.6 is 34.5 Å². The van der Waals surface area contributed by atoms with Crippen molar-refractivity contribution in [3.8, 4) is 0 Å². The van der Waals surface area contributed by atoms with Crippen LogP contribution in [0.3, 0.4) is 0 Å². The van der Waals surface area contributed by atoms with E-state index in [0.29, 0.717) is 41.0 Å². The second kappa shape index (κ2) is 7.40. The summed E-state index contributed by atoms with van der Waals surface area (Å²) in [6.07, 6.45) is 0.369. The number of rotatable bonds is 5. The van der Waals surface area contributed by atoms with Crippen molar-refractivity contribution in [2.24, 2.45) is 4.99 Å². The van der Waals surface area contributed by atoms with Crippen molar-refractivity contribution >= 4 is 50.7 Å². The maximum Gasteiger partial charge on any atom is 0.248 e. The molecule has 0 aliphatic heterocycles. The molecule has 2 rings (SSSR count). The summed E-state index contributed by atoms with van der Waals surface area (Å²) in [7, 11) is 0. The van der Waals surface area contributed by atoms with Crippen LogP contribution in [0.5, 0.6) is 0 Å². The summed E-state index contributed by atoms with van der Waals surface area (Å²) < 4.78 is 8.24. The normalized spacial score (nSPS) is 12.3. The molecule has 0 radical (unpaired) electrons. The van der Waals surface area contributed by atoms with Gasteiger partial charge in [-0.05, 0) is 19.1 Å². The van der Waals surface area contributed by atoms with Crippen LogP contribution in [0.15, 0.2) is 17.1 Å². The molecule has 4 nitrogen and oxygen atoms in total. The first-order valence-corrected chi connectivity index (χ1v) is 8.28. The highest BCUT2D eigenvalue weighted by atomic mass is 35.5. The minimum absolute atomic E-state index is 0.158. The minimum Gasteiger partial charge on any atom is -0.380 e. The van der Waals surface area contributed by atoms with Gasteiger partial charge in [0.1, 0.15) is 0 Å². The van der Waals surface area contributed by atoms with Crippen LogP contribution in [0.25, 0.3) is 10.2 Å². The Kier molecular flexibility index (Phi) is 5.81. The molecule has 114 valence electrons. The van der Waals surface area contributed by atoms with Crippen LogP contribution in [-0.2, 0) is 16.1 Å². The molecule has 0 fully saturated rings. The van der Waals surface area contributed by atoms with Gasteiger partial charge in [-0.2, -0.15) is 4.99 Å². The molecule has 0 N–H and O–H groups in total. The molecular weight excluding hydrogens is 331 g/mol. The van der Waals surface area contributed by atoms with Gasteiger partial charge in [0.2, 0.25) is 5.91 Å². The number of halogens is 2. The van der Waals surface area contributed by atoms with Crippen LogP contribution in [0, 0.1) is 0 Å². The van der Waals surface area contributed by atoms with Crippen LogP contribution < -0.4 is 4.80 Å². The van der Waals surface area contributed by atoms with Crippen LogP contribution in [-0.4, -0.2) is 23.7 Å². The lowest BCUT2D eigenvalue weighted by Gasteiger charge is -2.07. The Morgan fingerprint density at radius 2 is 2.14 bits per heavy atom. The molecule has 0 unspecified atom stereocenters. The van der Waals surface area contributed by atoms with E-state index in [-0.39, 0.29) is 5.91 Å². The lowest BCUT2D eigenvalue weighted by molar-refractivity contribution is -0.117. The zero-order valence-electron chi connectivity index (χ0n) is 11.9. The maximum atomic E-state index is 11.6. The average Bonchev–Trinajstić information content (AvgIpc) is 2.81. The number of carbonyl (C=O) groups is 1. The van der Waals surface area contributed by atoms with Gasteiger partial charge in [0.05, 0.1) is 26.9 Å². The fourth-order valence-electron chi connectivity index (χ4n) is 1.88. The molecule has 1 heterocycles. The van der Waals surface area contributed by atoms with Crippen LogP contribution in [0.4, 0.5) is 0 Å². The van der Waals surface area contributed by atoms with E-state index in [4.69, 9.17) is 27.9 Å². The molecule has 21 heavy (non-hydrogen) atoms. The molecule has 0 saturated heterocycles. The van der Waals surface area contributed by atoms with E-state index >= 15 is 0 Å².